The first-order chi connectivity index (χ1) is 9.66. The number of carbonyl (C=O) groups is 1. The highest BCUT2D eigenvalue weighted by Gasteiger charge is 2.30. The Morgan fingerprint density at radius 2 is 1.90 bits per heavy atom. The second-order valence-electron chi connectivity index (χ2n) is 6.07. The third kappa shape index (κ3) is 2.62. The van der Waals surface area contributed by atoms with Gasteiger partial charge in [0.2, 0.25) is 0 Å². The lowest BCUT2D eigenvalue weighted by atomic mass is 9.95. The Labute approximate surface area is 121 Å². The molecule has 0 aliphatic carbocycles. The molecule has 0 amide bonds. The molecule has 0 spiro atoms. The van der Waals surface area contributed by atoms with E-state index in [1.807, 2.05) is 20.8 Å². The first-order valence-corrected chi connectivity index (χ1v) is 6.77. The molecule has 4 nitrogen and oxygen atoms in total. The highest BCUT2D eigenvalue weighted by atomic mass is 19.2. The molecular weight excluding hydrogens is 278 g/mol. The Bertz CT molecular complexity index is 702. The van der Waals surface area contributed by atoms with Crippen molar-refractivity contribution in [1.82, 2.24) is 9.55 Å². The summed E-state index contributed by atoms with van der Waals surface area (Å²) in [6.07, 6.45) is 0.322. The van der Waals surface area contributed by atoms with Gasteiger partial charge in [-0.2, -0.15) is 0 Å². The SMILES string of the molecule is CCC(C(=O)O)n1c(C(C)(C)C)nc2cc(F)c(F)cc21. The second-order valence-corrected chi connectivity index (χ2v) is 6.07. The highest BCUT2D eigenvalue weighted by Crippen LogP contribution is 2.31. The number of fused-ring (bicyclic) bond motifs is 1. The molecule has 0 radical (unpaired) electrons. The fourth-order valence-electron chi connectivity index (χ4n) is 2.40. The number of aromatic nitrogens is 2. The zero-order valence-corrected chi connectivity index (χ0v) is 12.4. The number of aliphatic carboxylic acids is 1. The number of nitrogens with zero attached hydrogens (tertiary/aromatic N) is 2. The average Bonchev–Trinajstić information content (AvgIpc) is 2.69. The number of rotatable bonds is 3. The molecule has 0 aliphatic heterocycles. The number of halogens is 2. The van der Waals surface area contributed by atoms with Crippen molar-refractivity contribution in [2.45, 2.75) is 45.6 Å². The van der Waals surface area contributed by atoms with Crippen LogP contribution in [0.25, 0.3) is 11.0 Å². The van der Waals surface area contributed by atoms with Crippen molar-refractivity contribution in [3.8, 4) is 0 Å². The molecule has 21 heavy (non-hydrogen) atoms. The molecule has 1 unspecified atom stereocenters. The number of hydrogen-bond donors (Lipinski definition) is 1. The second kappa shape index (κ2) is 5.09. The zero-order chi connectivity index (χ0) is 15.9. The van der Waals surface area contributed by atoms with Crippen molar-refractivity contribution in [2.24, 2.45) is 0 Å². The lowest BCUT2D eigenvalue weighted by Gasteiger charge is -2.23. The molecule has 1 aromatic heterocycles. The van der Waals surface area contributed by atoms with Gasteiger partial charge in [0.25, 0.3) is 0 Å². The molecule has 2 rings (SSSR count). The first-order valence-electron chi connectivity index (χ1n) is 6.77. The van der Waals surface area contributed by atoms with Crippen molar-refractivity contribution in [2.75, 3.05) is 0 Å². The molecule has 0 saturated heterocycles. The van der Waals surface area contributed by atoms with Crippen LogP contribution in [-0.2, 0) is 10.2 Å². The Morgan fingerprint density at radius 1 is 1.33 bits per heavy atom. The van der Waals surface area contributed by atoms with Crippen LogP contribution >= 0.6 is 0 Å². The summed E-state index contributed by atoms with van der Waals surface area (Å²) >= 11 is 0. The van der Waals surface area contributed by atoms with E-state index in [2.05, 4.69) is 4.98 Å². The Hall–Kier alpha value is -1.98. The van der Waals surface area contributed by atoms with Crippen molar-refractivity contribution in [1.29, 1.82) is 0 Å². The maximum atomic E-state index is 13.5. The Morgan fingerprint density at radius 3 is 2.38 bits per heavy atom. The zero-order valence-electron chi connectivity index (χ0n) is 12.4. The molecule has 1 N–H and O–H groups in total. The van der Waals surface area contributed by atoms with Crippen LogP contribution in [0.3, 0.4) is 0 Å². The molecule has 0 fully saturated rings. The monoisotopic (exact) mass is 296 g/mol. The molecule has 1 atom stereocenters. The van der Waals surface area contributed by atoms with E-state index in [0.29, 0.717) is 17.8 Å². The molecule has 114 valence electrons. The summed E-state index contributed by atoms with van der Waals surface area (Å²) in [7, 11) is 0. The van der Waals surface area contributed by atoms with E-state index in [9.17, 15) is 18.7 Å². The van der Waals surface area contributed by atoms with Gasteiger partial charge < -0.3 is 9.67 Å². The minimum absolute atomic E-state index is 0.263. The summed E-state index contributed by atoms with van der Waals surface area (Å²) < 4.78 is 28.4. The van der Waals surface area contributed by atoms with Gasteiger partial charge in [-0.3, -0.25) is 0 Å². The number of benzene rings is 1. The van der Waals surface area contributed by atoms with Crippen molar-refractivity contribution < 1.29 is 18.7 Å². The minimum atomic E-state index is -1.02. The fourth-order valence-corrected chi connectivity index (χ4v) is 2.40. The summed E-state index contributed by atoms with van der Waals surface area (Å²) in [4.78, 5) is 15.8. The summed E-state index contributed by atoms with van der Waals surface area (Å²) in [6, 6.07) is 1.15. The average molecular weight is 296 g/mol. The molecule has 6 heteroatoms. The Balaban J connectivity index is 2.86. The fraction of sp³-hybridized carbons (Fsp3) is 0.467. The van der Waals surface area contributed by atoms with Gasteiger partial charge in [0, 0.05) is 17.5 Å². The van der Waals surface area contributed by atoms with Crippen LogP contribution in [0.4, 0.5) is 8.78 Å². The molecule has 0 bridgehead atoms. The molecule has 0 aliphatic rings. The van der Waals surface area contributed by atoms with Gasteiger partial charge in [-0.25, -0.2) is 18.6 Å². The third-order valence-corrected chi connectivity index (χ3v) is 3.39. The minimum Gasteiger partial charge on any atom is -0.480 e. The summed E-state index contributed by atoms with van der Waals surface area (Å²) in [5.41, 5.74) is 0.112. The molecular formula is C15H18F2N2O2. The van der Waals surface area contributed by atoms with Crippen molar-refractivity contribution >= 4 is 17.0 Å². The van der Waals surface area contributed by atoms with E-state index < -0.39 is 29.1 Å². The molecule has 1 aromatic carbocycles. The topological polar surface area (TPSA) is 55.1 Å². The van der Waals surface area contributed by atoms with E-state index in [1.54, 1.807) is 6.92 Å². The van der Waals surface area contributed by atoms with E-state index >= 15 is 0 Å². The Kier molecular flexibility index (Phi) is 3.74. The lowest BCUT2D eigenvalue weighted by molar-refractivity contribution is -0.141. The first kappa shape index (κ1) is 15.4. The van der Waals surface area contributed by atoms with Gasteiger partial charge >= 0.3 is 5.97 Å². The van der Waals surface area contributed by atoms with Crippen molar-refractivity contribution in [3.63, 3.8) is 0 Å². The maximum Gasteiger partial charge on any atom is 0.326 e. The standard InChI is InChI=1S/C15H18F2N2O2/c1-5-11(13(20)21)19-12-7-9(17)8(16)6-10(12)18-14(19)15(2,3)4/h6-7,11H,5H2,1-4H3,(H,20,21). The van der Waals surface area contributed by atoms with Crippen LogP contribution in [0.1, 0.15) is 46.0 Å². The highest BCUT2D eigenvalue weighted by molar-refractivity contribution is 5.81. The lowest BCUT2D eigenvalue weighted by Crippen LogP contribution is -2.26. The largest absolute Gasteiger partial charge is 0.480 e. The summed E-state index contributed by atoms with van der Waals surface area (Å²) in [6.45, 7) is 7.38. The van der Waals surface area contributed by atoms with Crippen LogP contribution in [0, 0.1) is 11.6 Å². The maximum absolute atomic E-state index is 13.5. The third-order valence-electron chi connectivity index (χ3n) is 3.39. The summed E-state index contributed by atoms with van der Waals surface area (Å²) in [5.74, 6) is -2.52. The quantitative estimate of drug-likeness (QED) is 0.940. The van der Waals surface area contributed by atoms with Crippen LogP contribution in [-0.4, -0.2) is 20.6 Å². The predicted molar refractivity (Wildman–Crippen MR) is 75.3 cm³/mol. The summed E-state index contributed by atoms with van der Waals surface area (Å²) in [5, 5.41) is 9.40. The van der Waals surface area contributed by atoms with Gasteiger partial charge in [-0.05, 0) is 6.42 Å². The molecule has 2 aromatic rings. The van der Waals surface area contributed by atoms with Gasteiger partial charge in [-0.1, -0.05) is 27.7 Å². The van der Waals surface area contributed by atoms with E-state index in [4.69, 9.17) is 0 Å². The smallest absolute Gasteiger partial charge is 0.326 e. The van der Waals surface area contributed by atoms with Gasteiger partial charge in [-0.15, -0.1) is 0 Å². The number of carboxylic acid groups (broad SMARTS) is 1. The van der Waals surface area contributed by atoms with Gasteiger partial charge in [0.15, 0.2) is 11.6 Å². The number of hydrogen-bond acceptors (Lipinski definition) is 2. The molecule has 1 heterocycles. The van der Waals surface area contributed by atoms with Crippen LogP contribution < -0.4 is 0 Å². The van der Waals surface area contributed by atoms with Crippen LogP contribution in [0.5, 0.6) is 0 Å². The number of carboxylic acids is 1. The van der Waals surface area contributed by atoms with Gasteiger partial charge in [0.1, 0.15) is 11.9 Å². The normalized spacial score (nSPS) is 13.6. The van der Waals surface area contributed by atoms with Crippen LogP contribution in [0.2, 0.25) is 0 Å². The van der Waals surface area contributed by atoms with Crippen molar-refractivity contribution in [3.05, 3.63) is 29.6 Å². The van der Waals surface area contributed by atoms with Crippen LogP contribution in [0.15, 0.2) is 12.1 Å². The van der Waals surface area contributed by atoms with Gasteiger partial charge in [0.05, 0.1) is 11.0 Å². The van der Waals surface area contributed by atoms with E-state index in [0.717, 1.165) is 12.1 Å². The molecule has 0 saturated carbocycles. The number of imidazole rings is 1. The van der Waals surface area contributed by atoms with E-state index in [-0.39, 0.29) is 5.52 Å². The predicted octanol–water partition coefficient (Wildman–Crippen LogP) is 3.65. The van der Waals surface area contributed by atoms with E-state index in [1.165, 1.54) is 4.57 Å².